The summed E-state index contributed by atoms with van der Waals surface area (Å²) in [6.45, 7) is 2.37. The molecule has 2 amide bonds. The van der Waals surface area contributed by atoms with Gasteiger partial charge in [0.2, 0.25) is 0 Å². The summed E-state index contributed by atoms with van der Waals surface area (Å²) < 4.78 is 11.0. The van der Waals surface area contributed by atoms with Crippen LogP contribution in [0.25, 0.3) is 0 Å². The van der Waals surface area contributed by atoms with Crippen molar-refractivity contribution >= 4 is 17.5 Å². The summed E-state index contributed by atoms with van der Waals surface area (Å²) in [6.07, 6.45) is 4.45. The van der Waals surface area contributed by atoms with Crippen LogP contribution in [0.4, 0.5) is 0 Å². The molecule has 0 saturated carbocycles. The van der Waals surface area contributed by atoms with E-state index < -0.39 is 5.91 Å². The number of hydrazone groups is 1. The molecule has 3 aromatic rings. The second-order valence-electron chi connectivity index (χ2n) is 7.18. The Balaban J connectivity index is 1.46. The molecule has 0 spiro atoms. The van der Waals surface area contributed by atoms with Gasteiger partial charge in [-0.25, -0.2) is 5.43 Å². The van der Waals surface area contributed by atoms with Gasteiger partial charge in [-0.05, 0) is 43.9 Å². The predicted octanol–water partition coefficient (Wildman–Crippen LogP) is 3.62. The lowest BCUT2D eigenvalue weighted by Crippen LogP contribution is -2.26. The summed E-state index contributed by atoms with van der Waals surface area (Å²) >= 11 is 0. The van der Waals surface area contributed by atoms with Gasteiger partial charge in [0.05, 0.1) is 12.0 Å². The van der Waals surface area contributed by atoms with Crippen LogP contribution in [0, 0.1) is 6.92 Å². The van der Waals surface area contributed by atoms with Gasteiger partial charge in [0.15, 0.2) is 11.5 Å². The highest BCUT2D eigenvalue weighted by Gasteiger charge is 2.28. The zero-order chi connectivity index (χ0) is 20.9. The molecule has 154 valence electrons. The molecule has 0 aliphatic heterocycles. The van der Waals surface area contributed by atoms with Crippen molar-refractivity contribution in [3.05, 3.63) is 82.7 Å². The Kier molecular flexibility index (Phi) is 5.79. The van der Waals surface area contributed by atoms with Crippen molar-refractivity contribution in [2.45, 2.75) is 32.6 Å². The third kappa shape index (κ3) is 4.20. The third-order valence-electron chi connectivity index (χ3n) is 5.11. The highest BCUT2D eigenvalue weighted by atomic mass is 16.4. The standard InChI is InChI=1S/C23H23N3O4/c1-15-20-17(25-26-22(27)19-11-6-14-29-19)9-5-10-18(20)30-21(15)23(28)24-13-12-16-7-3-2-4-8-16/h2-4,6-8,11,14H,5,9-10,12-13H2,1H3,(H,24,28)(H,26,27)/b25-17+. The van der Waals surface area contributed by atoms with E-state index in [1.54, 1.807) is 12.1 Å². The number of aryl methyl sites for hydroxylation is 1. The van der Waals surface area contributed by atoms with Gasteiger partial charge in [-0.2, -0.15) is 5.10 Å². The molecule has 0 unspecified atom stereocenters. The average Bonchev–Trinajstić information content (AvgIpc) is 3.42. The number of carbonyl (C=O) groups excluding carboxylic acids is 2. The lowest BCUT2D eigenvalue weighted by atomic mass is 9.93. The van der Waals surface area contributed by atoms with Gasteiger partial charge in [-0.1, -0.05) is 30.3 Å². The van der Waals surface area contributed by atoms with Gasteiger partial charge >= 0.3 is 5.91 Å². The van der Waals surface area contributed by atoms with E-state index in [1.165, 1.54) is 6.26 Å². The number of hydrogen-bond acceptors (Lipinski definition) is 5. The molecule has 1 aromatic carbocycles. The van der Waals surface area contributed by atoms with Gasteiger partial charge in [-0.3, -0.25) is 9.59 Å². The molecule has 0 fully saturated rings. The Hall–Kier alpha value is -3.61. The Labute approximate surface area is 174 Å². The second kappa shape index (κ2) is 8.82. The van der Waals surface area contributed by atoms with Crippen LogP contribution in [-0.4, -0.2) is 24.1 Å². The normalized spacial score (nSPS) is 14.4. The first kappa shape index (κ1) is 19.7. The Bertz CT molecular complexity index is 1070. The van der Waals surface area contributed by atoms with Gasteiger partial charge in [-0.15, -0.1) is 0 Å². The molecular formula is C23H23N3O4. The Morgan fingerprint density at radius 1 is 1.07 bits per heavy atom. The number of nitrogens with one attached hydrogen (secondary N) is 2. The van der Waals surface area contributed by atoms with Crippen LogP contribution in [0.5, 0.6) is 0 Å². The number of fused-ring (bicyclic) bond motifs is 1. The molecule has 2 N–H and O–H groups in total. The molecule has 2 aromatic heterocycles. The maximum atomic E-state index is 12.7. The molecule has 1 aliphatic rings. The quantitative estimate of drug-likeness (QED) is 0.612. The van der Waals surface area contributed by atoms with Crippen LogP contribution >= 0.6 is 0 Å². The van der Waals surface area contributed by atoms with Crippen molar-refractivity contribution in [2.75, 3.05) is 6.54 Å². The number of benzene rings is 1. The van der Waals surface area contributed by atoms with E-state index in [1.807, 2.05) is 37.3 Å². The zero-order valence-electron chi connectivity index (χ0n) is 16.7. The topological polar surface area (TPSA) is 96.8 Å². The molecule has 1 aliphatic carbocycles. The molecule has 0 radical (unpaired) electrons. The van der Waals surface area contributed by atoms with Crippen LogP contribution in [0.3, 0.4) is 0 Å². The van der Waals surface area contributed by atoms with Gasteiger partial charge in [0.25, 0.3) is 5.91 Å². The highest BCUT2D eigenvalue weighted by molar-refractivity contribution is 6.07. The monoisotopic (exact) mass is 405 g/mol. The number of hydrogen-bond donors (Lipinski definition) is 2. The minimum absolute atomic E-state index is 0.192. The number of furan rings is 2. The third-order valence-corrected chi connectivity index (χ3v) is 5.11. The minimum Gasteiger partial charge on any atom is -0.459 e. The van der Waals surface area contributed by atoms with Crippen LogP contribution in [0.2, 0.25) is 0 Å². The second-order valence-corrected chi connectivity index (χ2v) is 7.18. The smallest absolute Gasteiger partial charge is 0.307 e. The van der Waals surface area contributed by atoms with Gasteiger partial charge in [0.1, 0.15) is 5.76 Å². The molecule has 0 atom stereocenters. The molecule has 7 nitrogen and oxygen atoms in total. The van der Waals surface area contributed by atoms with E-state index in [-0.39, 0.29) is 11.7 Å². The highest BCUT2D eigenvalue weighted by Crippen LogP contribution is 2.29. The van der Waals surface area contributed by atoms with Crippen molar-refractivity contribution in [3.8, 4) is 0 Å². The van der Waals surface area contributed by atoms with Crippen LogP contribution in [-0.2, 0) is 12.8 Å². The van der Waals surface area contributed by atoms with Gasteiger partial charge < -0.3 is 14.2 Å². The Morgan fingerprint density at radius 3 is 2.67 bits per heavy atom. The summed E-state index contributed by atoms with van der Waals surface area (Å²) in [7, 11) is 0. The largest absolute Gasteiger partial charge is 0.459 e. The maximum absolute atomic E-state index is 12.7. The van der Waals surface area contributed by atoms with Crippen molar-refractivity contribution in [3.63, 3.8) is 0 Å². The summed E-state index contributed by atoms with van der Waals surface area (Å²) in [6, 6.07) is 13.2. The fourth-order valence-corrected chi connectivity index (χ4v) is 3.62. The van der Waals surface area contributed by atoms with E-state index in [4.69, 9.17) is 8.83 Å². The molecule has 0 bridgehead atoms. The van der Waals surface area contributed by atoms with Crippen molar-refractivity contribution in [1.29, 1.82) is 0 Å². The lowest BCUT2D eigenvalue weighted by Gasteiger charge is -2.13. The van der Waals surface area contributed by atoms with Crippen LogP contribution in [0.15, 0.2) is 62.7 Å². The number of rotatable bonds is 6. The van der Waals surface area contributed by atoms with Gasteiger partial charge in [0, 0.05) is 24.1 Å². The molecule has 7 heteroatoms. The van der Waals surface area contributed by atoms with E-state index in [2.05, 4.69) is 15.8 Å². The van der Waals surface area contributed by atoms with E-state index in [9.17, 15) is 9.59 Å². The first-order valence-corrected chi connectivity index (χ1v) is 9.98. The average molecular weight is 405 g/mol. The first-order chi connectivity index (χ1) is 14.6. The van der Waals surface area contributed by atoms with E-state index in [0.29, 0.717) is 24.4 Å². The van der Waals surface area contributed by atoms with Crippen LogP contribution in [0.1, 0.15) is 56.4 Å². The molecular weight excluding hydrogens is 382 g/mol. The molecule has 2 heterocycles. The zero-order valence-corrected chi connectivity index (χ0v) is 16.7. The number of carbonyl (C=O) groups is 2. The number of nitrogens with zero attached hydrogens (tertiary/aromatic N) is 1. The molecule has 0 saturated heterocycles. The predicted molar refractivity (Wildman–Crippen MR) is 112 cm³/mol. The summed E-state index contributed by atoms with van der Waals surface area (Å²) in [5.41, 5.74) is 5.96. The Morgan fingerprint density at radius 2 is 1.90 bits per heavy atom. The van der Waals surface area contributed by atoms with Crippen molar-refractivity contribution in [2.24, 2.45) is 5.10 Å². The summed E-state index contributed by atoms with van der Waals surface area (Å²) in [5, 5.41) is 7.21. The fourth-order valence-electron chi connectivity index (χ4n) is 3.62. The fraction of sp³-hybridized carbons (Fsp3) is 0.261. The minimum atomic E-state index is -0.417. The van der Waals surface area contributed by atoms with Crippen molar-refractivity contribution < 1.29 is 18.4 Å². The lowest BCUT2D eigenvalue weighted by molar-refractivity contribution is 0.0918. The van der Waals surface area contributed by atoms with Crippen LogP contribution < -0.4 is 10.7 Å². The van der Waals surface area contributed by atoms with E-state index >= 15 is 0 Å². The van der Waals surface area contributed by atoms with Crippen molar-refractivity contribution in [1.82, 2.24) is 10.7 Å². The first-order valence-electron chi connectivity index (χ1n) is 9.98. The summed E-state index contributed by atoms with van der Waals surface area (Å²) in [5.74, 6) is 0.576. The summed E-state index contributed by atoms with van der Waals surface area (Å²) in [4.78, 5) is 24.8. The molecule has 30 heavy (non-hydrogen) atoms. The van der Waals surface area contributed by atoms with E-state index in [0.717, 1.165) is 41.7 Å². The number of amides is 2. The molecule has 4 rings (SSSR count). The SMILES string of the molecule is Cc1c(C(=O)NCCc2ccccc2)oc2c1/C(=N/NC(=O)c1ccco1)CCC2. The maximum Gasteiger partial charge on any atom is 0.307 e.